The summed E-state index contributed by atoms with van der Waals surface area (Å²) in [6.07, 6.45) is 9.63. The van der Waals surface area contributed by atoms with Crippen LogP contribution in [0.15, 0.2) is 36.7 Å². The number of fused-ring (bicyclic) bond motifs is 2. The monoisotopic (exact) mass is 365 g/mol. The second-order valence-electron chi connectivity index (χ2n) is 7.07. The van der Waals surface area contributed by atoms with Crippen LogP contribution in [0.4, 0.5) is 5.69 Å². The van der Waals surface area contributed by atoms with Crippen LogP contribution in [0.2, 0.25) is 5.02 Å². The van der Waals surface area contributed by atoms with Gasteiger partial charge in [0.15, 0.2) is 0 Å². The molecule has 1 saturated carbocycles. The Morgan fingerprint density at radius 1 is 1.12 bits per heavy atom. The molecule has 0 amide bonds. The van der Waals surface area contributed by atoms with Gasteiger partial charge in [0.2, 0.25) is 0 Å². The van der Waals surface area contributed by atoms with Crippen molar-refractivity contribution in [3.05, 3.63) is 41.7 Å². The highest BCUT2D eigenvalue weighted by molar-refractivity contribution is 6.38. The highest BCUT2D eigenvalue weighted by atomic mass is 35.5. The summed E-state index contributed by atoms with van der Waals surface area (Å²) in [5.74, 6) is 0. The van der Waals surface area contributed by atoms with Crippen molar-refractivity contribution in [3.63, 3.8) is 0 Å². The number of halogens is 1. The standard InChI is InChI=1S/C20H20ClN5/c21-18-13-8-4-5-9-15(13)24-20(18)19-17-14(22)10-23-11-16(17)26(25-19)12-6-2-1-3-7-12/h4-5,8-12,24H,1-3,6-7,22H2. The minimum absolute atomic E-state index is 0.395. The third-order valence-electron chi connectivity index (χ3n) is 5.45. The van der Waals surface area contributed by atoms with Crippen LogP contribution in [0.1, 0.15) is 38.1 Å². The molecular weight excluding hydrogens is 346 g/mol. The van der Waals surface area contributed by atoms with Gasteiger partial charge < -0.3 is 10.7 Å². The zero-order valence-corrected chi connectivity index (χ0v) is 15.1. The van der Waals surface area contributed by atoms with E-state index in [0.717, 1.165) is 46.0 Å². The first-order chi connectivity index (χ1) is 12.7. The van der Waals surface area contributed by atoms with Crippen molar-refractivity contribution in [3.8, 4) is 11.4 Å². The van der Waals surface area contributed by atoms with E-state index in [1.54, 1.807) is 6.20 Å². The first-order valence-corrected chi connectivity index (χ1v) is 9.50. The fourth-order valence-corrected chi connectivity index (χ4v) is 4.46. The van der Waals surface area contributed by atoms with Crippen molar-refractivity contribution in [2.45, 2.75) is 38.1 Å². The summed E-state index contributed by atoms with van der Waals surface area (Å²) < 4.78 is 2.12. The van der Waals surface area contributed by atoms with E-state index in [2.05, 4.69) is 14.6 Å². The van der Waals surface area contributed by atoms with Gasteiger partial charge in [-0.2, -0.15) is 5.10 Å². The summed E-state index contributed by atoms with van der Waals surface area (Å²) in [6, 6.07) is 8.42. The number of anilines is 1. The van der Waals surface area contributed by atoms with E-state index in [4.69, 9.17) is 22.4 Å². The number of pyridine rings is 1. The maximum Gasteiger partial charge on any atom is 0.120 e. The van der Waals surface area contributed by atoms with Gasteiger partial charge in [-0.1, -0.05) is 49.1 Å². The molecule has 0 atom stereocenters. The molecule has 0 saturated heterocycles. The molecule has 0 unspecified atom stereocenters. The molecule has 0 spiro atoms. The van der Waals surface area contributed by atoms with Gasteiger partial charge in [-0.05, 0) is 18.9 Å². The Kier molecular flexibility index (Phi) is 3.64. The molecule has 3 N–H and O–H groups in total. The number of H-pyrrole nitrogens is 1. The molecule has 0 bridgehead atoms. The van der Waals surface area contributed by atoms with Crippen molar-refractivity contribution in [2.24, 2.45) is 0 Å². The number of nitrogens with zero attached hydrogens (tertiary/aromatic N) is 3. The normalized spacial score (nSPS) is 15.9. The molecule has 4 aromatic rings. The quantitative estimate of drug-likeness (QED) is 0.505. The highest BCUT2D eigenvalue weighted by Gasteiger charge is 2.24. The van der Waals surface area contributed by atoms with E-state index >= 15 is 0 Å². The SMILES string of the molecule is Nc1cncc2c1c(-c1[nH]c3ccccc3c1Cl)nn2C1CCCCC1. The van der Waals surface area contributed by atoms with E-state index in [-0.39, 0.29) is 0 Å². The van der Waals surface area contributed by atoms with E-state index < -0.39 is 0 Å². The number of aromatic amines is 1. The number of benzene rings is 1. The number of nitrogens with one attached hydrogen (secondary N) is 1. The summed E-state index contributed by atoms with van der Waals surface area (Å²) in [5.41, 5.74) is 10.6. The average molecular weight is 366 g/mol. The highest BCUT2D eigenvalue weighted by Crippen LogP contribution is 2.40. The van der Waals surface area contributed by atoms with E-state index in [9.17, 15) is 0 Å². The Morgan fingerprint density at radius 3 is 2.73 bits per heavy atom. The number of aromatic nitrogens is 4. The molecule has 5 rings (SSSR count). The molecule has 0 aliphatic heterocycles. The molecule has 1 aromatic carbocycles. The van der Waals surface area contributed by atoms with Crippen LogP contribution in [-0.2, 0) is 0 Å². The van der Waals surface area contributed by atoms with Crippen LogP contribution < -0.4 is 5.73 Å². The van der Waals surface area contributed by atoms with E-state index in [0.29, 0.717) is 16.8 Å². The molecule has 26 heavy (non-hydrogen) atoms. The number of para-hydroxylation sites is 1. The van der Waals surface area contributed by atoms with Gasteiger partial charge in [0.25, 0.3) is 0 Å². The third kappa shape index (κ3) is 2.31. The lowest BCUT2D eigenvalue weighted by Gasteiger charge is -2.22. The zero-order chi connectivity index (χ0) is 17.7. The molecule has 1 aliphatic carbocycles. The summed E-state index contributed by atoms with van der Waals surface area (Å²) in [5, 5.41) is 7.60. The van der Waals surface area contributed by atoms with Crippen LogP contribution >= 0.6 is 11.6 Å². The van der Waals surface area contributed by atoms with Crippen molar-refractivity contribution in [2.75, 3.05) is 5.73 Å². The second-order valence-corrected chi connectivity index (χ2v) is 7.45. The Balaban J connectivity index is 1.78. The lowest BCUT2D eigenvalue weighted by Crippen LogP contribution is -2.14. The van der Waals surface area contributed by atoms with Crippen molar-refractivity contribution < 1.29 is 0 Å². The van der Waals surface area contributed by atoms with Gasteiger partial charge in [-0.25, -0.2) is 0 Å². The molecule has 3 aromatic heterocycles. The molecule has 132 valence electrons. The maximum atomic E-state index is 6.70. The third-order valence-corrected chi connectivity index (χ3v) is 5.84. The van der Waals surface area contributed by atoms with Gasteiger partial charge in [0.1, 0.15) is 5.69 Å². The topological polar surface area (TPSA) is 72.5 Å². The van der Waals surface area contributed by atoms with Crippen LogP contribution in [-0.4, -0.2) is 19.7 Å². The Bertz CT molecular complexity index is 1100. The van der Waals surface area contributed by atoms with Crippen LogP contribution in [0.25, 0.3) is 33.2 Å². The van der Waals surface area contributed by atoms with Gasteiger partial charge in [-0.3, -0.25) is 9.67 Å². The first-order valence-electron chi connectivity index (χ1n) is 9.12. The largest absolute Gasteiger partial charge is 0.397 e. The van der Waals surface area contributed by atoms with Crippen LogP contribution in [0, 0.1) is 0 Å². The summed E-state index contributed by atoms with van der Waals surface area (Å²) >= 11 is 6.70. The second kappa shape index (κ2) is 6.02. The summed E-state index contributed by atoms with van der Waals surface area (Å²) in [7, 11) is 0. The van der Waals surface area contributed by atoms with Gasteiger partial charge >= 0.3 is 0 Å². The lowest BCUT2D eigenvalue weighted by atomic mass is 9.95. The maximum absolute atomic E-state index is 6.70. The van der Waals surface area contributed by atoms with Gasteiger partial charge in [0.05, 0.1) is 45.7 Å². The van der Waals surface area contributed by atoms with Crippen LogP contribution in [0.5, 0.6) is 0 Å². The minimum Gasteiger partial charge on any atom is -0.397 e. The Hall–Kier alpha value is -2.53. The molecule has 3 heterocycles. The number of hydrogen-bond acceptors (Lipinski definition) is 3. The number of hydrogen-bond donors (Lipinski definition) is 2. The number of nitrogens with two attached hydrogens (primary N) is 1. The smallest absolute Gasteiger partial charge is 0.120 e. The van der Waals surface area contributed by atoms with Crippen molar-refractivity contribution >= 4 is 39.1 Å². The summed E-state index contributed by atoms with van der Waals surface area (Å²) in [4.78, 5) is 7.74. The molecular formula is C20H20ClN5. The average Bonchev–Trinajstić information content (AvgIpc) is 3.22. The first kappa shape index (κ1) is 15.7. The number of rotatable bonds is 2. The fraction of sp³-hybridized carbons (Fsp3) is 0.300. The van der Waals surface area contributed by atoms with Crippen LogP contribution in [0.3, 0.4) is 0 Å². The van der Waals surface area contributed by atoms with E-state index in [1.807, 2.05) is 30.5 Å². The van der Waals surface area contributed by atoms with Crippen molar-refractivity contribution in [1.82, 2.24) is 19.7 Å². The van der Waals surface area contributed by atoms with Gasteiger partial charge in [-0.15, -0.1) is 0 Å². The molecule has 0 radical (unpaired) electrons. The van der Waals surface area contributed by atoms with E-state index in [1.165, 1.54) is 19.3 Å². The molecule has 5 nitrogen and oxygen atoms in total. The predicted octanol–water partition coefficient (Wildman–Crippen LogP) is 5.32. The zero-order valence-electron chi connectivity index (χ0n) is 14.4. The lowest BCUT2D eigenvalue weighted by molar-refractivity contribution is 0.337. The molecule has 1 fully saturated rings. The number of nitrogen functional groups attached to an aromatic ring is 1. The Morgan fingerprint density at radius 2 is 1.92 bits per heavy atom. The van der Waals surface area contributed by atoms with Gasteiger partial charge in [0, 0.05) is 10.9 Å². The molecule has 6 heteroatoms. The van der Waals surface area contributed by atoms with Crippen molar-refractivity contribution in [1.29, 1.82) is 0 Å². The summed E-state index contributed by atoms with van der Waals surface area (Å²) in [6.45, 7) is 0. The molecule has 1 aliphatic rings. The predicted molar refractivity (Wildman–Crippen MR) is 106 cm³/mol. The fourth-order valence-electron chi connectivity index (χ4n) is 4.16. The minimum atomic E-state index is 0.395. The Labute approximate surface area is 156 Å².